The number of aryl methyl sites for hydroxylation is 1. The van der Waals surface area contributed by atoms with Crippen LogP contribution in [-0.4, -0.2) is 11.8 Å². The summed E-state index contributed by atoms with van der Waals surface area (Å²) in [5.74, 6) is -0.781. The number of amides is 2. The lowest BCUT2D eigenvalue weighted by Gasteiger charge is -2.07. The Balaban J connectivity index is 2.09. The van der Waals surface area contributed by atoms with Crippen LogP contribution in [0.25, 0.3) is 0 Å². The van der Waals surface area contributed by atoms with Gasteiger partial charge in [-0.05, 0) is 55.0 Å². The molecule has 21 heavy (non-hydrogen) atoms. The third-order valence-corrected chi connectivity index (χ3v) is 2.88. The molecule has 108 valence electrons. The average molecular weight is 286 g/mol. The van der Waals surface area contributed by atoms with Gasteiger partial charge in [-0.1, -0.05) is 0 Å². The summed E-state index contributed by atoms with van der Waals surface area (Å²) < 4.78 is 13.2. The Hall–Kier alpha value is -2.69. The SMILES string of the molecule is CC(=O)Nc1ccc(C(=O)Nc2ccc(F)c(C)c2)cc1. The number of carbonyl (C=O) groups excluding carboxylic acids is 2. The number of nitrogens with one attached hydrogen (secondary N) is 2. The normalized spacial score (nSPS) is 10.0. The van der Waals surface area contributed by atoms with E-state index in [2.05, 4.69) is 10.6 Å². The molecule has 0 spiro atoms. The van der Waals surface area contributed by atoms with E-state index in [-0.39, 0.29) is 17.6 Å². The van der Waals surface area contributed by atoms with Crippen molar-refractivity contribution in [2.45, 2.75) is 13.8 Å². The standard InChI is InChI=1S/C16H15FN2O2/c1-10-9-14(7-8-15(10)17)19-16(21)12-3-5-13(6-4-12)18-11(2)20/h3-9H,1-2H3,(H,18,20)(H,19,21). The first-order valence-corrected chi connectivity index (χ1v) is 6.41. The molecule has 0 aliphatic rings. The maximum Gasteiger partial charge on any atom is 0.255 e. The summed E-state index contributed by atoms with van der Waals surface area (Å²) in [4.78, 5) is 23.0. The van der Waals surface area contributed by atoms with Crippen LogP contribution in [0, 0.1) is 12.7 Å². The summed E-state index contributed by atoms with van der Waals surface area (Å²) >= 11 is 0. The minimum absolute atomic E-state index is 0.172. The molecule has 2 N–H and O–H groups in total. The van der Waals surface area contributed by atoms with Crippen molar-refractivity contribution in [3.05, 3.63) is 59.4 Å². The molecule has 0 saturated carbocycles. The fourth-order valence-electron chi connectivity index (χ4n) is 1.83. The number of anilines is 2. The van der Waals surface area contributed by atoms with Gasteiger partial charge < -0.3 is 10.6 Å². The Kier molecular flexibility index (Phi) is 4.33. The highest BCUT2D eigenvalue weighted by Gasteiger charge is 2.07. The van der Waals surface area contributed by atoms with Crippen molar-refractivity contribution in [1.29, 1.82) is 0 Å². The highest BCUT2D eigenvalue weighted by Crippen LogP contribution is 2.16. The van der Waals surface area contributed by atoms with Gasteiger partial charge in [-0.25, -0.2) is 4.39 Å². The van der Waals surface area contributed by atoms with Crippen LogP contribution in [0.15, 0.2) is 42.5 Å². The van der Waals surface area contributed by atoms with Gasteiger partial charge >= 0.3 is 0 Å². The van der Waals surface area contributed by atoms with E-state index < -0.39 is 0 Å². The van der Waals surface area contributed by atoms with Crippen molar-refractivity contribution in [3.63, 3.8) is 0 Å². The second kappa shape index (κ2) is 6.17. The third-order valence-electron chi connectivity index (χ3n) is 2.88. The van der Waals surface area contributed by atoms with Gasteiger partial charge in [0.25, 0.3) is 5.91 Å². The average Bonchev–Trinajstić information content (AvgIpc) is 2.43. The van der Waals surface area contributed by atoms with E-state index >= 15 is 0 Å². The van der Waals surface area contributed by atoms with Crippen LogP contribution < -0.4 is 10.6 Å². The van der Waals surface area contributed by atoms with E-state index in [4.69, 9.17) is 0 Å². The number of rotatable bonds is 3. The maximum absolute atomic E-state index is 13.2. The van der Waals surface area contributed by atoms with Crippen molar-refractivity contribution in [3.8, 4) is 0 Å². The number of benzene rings is 2. The maximum atomic E-state index is 13.2. The Morgan fingerprint density at radius 2 is 1.57 bits per heavy atom. The molecule has 2 amide bonds. The van der Waals surface area contributed by atoms with Gasteiger partial charge in [0.15, 0.2) is 0 Å². The molecule has 2 rings (SSSR count). The van der Waals surface area contributed by atoms with E-state index in [9.17, 15) is 14.0 Å². The fourth-order valence-corrected chi connectivity index (χ4v) is 1.83. The van der Waals surface area contributed by atoms with Crippen LogP contribution >= 0.6 is 0 Å². The van der Waals surface area contributed by atoms with Crippen LogP contribution in [0.4, 0.5) is 15.8 Å². The summed E-state index contributed by atoms with van der Waals surface area (Å²) in [6, 6.07) is 10.9. The van der Waals surface area contributed by atoms with Gasteiger partial charge in [0.2, 0.25) is 5.91 Å². The van der Waals surface area contributed by atoms with Crippen molar-refractivity contribution < 1.29 is 14.0 Å². The molecule has 2 aromatic carbocycles. The van der Waals surface area contributed by atoms with E-state index in [1.807, 2.05) is 0 Å². The summed E-state index contributed by atoms with van der Waals surface area (Å²) in [7, 11) is 0. The van der Waals surface area contributed by atoms with Gasteiger partial charge in [0.05, 0.1) is 0 Å². The number of hydrogen-bond donors (Lipinski definition) is 2. The molecule has 0 fully saturated rings. The second-order valence-electron chi connectivity index (χ2n) is 4.68. The summed E-state index contributed by atoms with van der Waals surface area (Å²) in [5, 5.41) is 5.32. The molecule has 0 unspecified atom stereocenters. The minimum atomic E-state index is -0.312. The van der Waals surface area contributed by atoms with Gasteiger partial charge in [-0.2, -0.15) is 0 Å². The lowest BCUT2D eigenvalue weighted by Crippen LogP contribution is -2.12. The van der Waals surface area contributed by atoms with Gasteiger partial charge in [-0.15, -0.1) is 0 Å². The predicted octanol–water partition coefficient (Wildman–Crippen LogP) is 3.34. The van der Waals surface area contributed by atoms with E-state index in [1.54, 1.807) is 37.3 Å². The first kappa shape index (κ1) is 14.7. The predicted molar refractivity (Wildman–Crippen MR) is 79.8 cm³/mol. The summed E-state index contributed by atoms with van der Waals surface area (Å²) in [5.41, 5.74) is 2.07. The lowest BCUT2D eigenvalue weighted by molar-refractivity contribution is -0.114. The molecule has 0 aliphatic heterocycles. The number of hydrogen-bond acceptors (Lipinski definition) is 2. The fraction of sp³-hybridized carbons (Fsp3) is 0.125. The molecule has 2 aromatic rings. The first-order chi connectivity index (χ1) is 9.95. The molecule has 4 nitrogen and oxygen atoms in total. The highest BCUT2D eigenvalue weighted by atomic mass is 19.1. The molecule has 0 saturated heterocycles. The van der Waals surface area contributed by atoms with Gasteiger partial charge in [-0.3, -0.25) is 9.59 Å². The van der Waals surface area contributed by atoms with Crippen molar-refractivity contribution in [2.24, 2.45) is 0 Å². The minimum Gasteiger partial charge on any atom is -0.326 e. The van der Waals surface area contributed by atoms with Crippen molar-refractivity contribution in [2.75, 3.05) is 10.6 Å². The van der Waals surface area contributed by atoms with Crippen LogP contribution in [0.2, 0.25) is 0 Å². The van der Waals surface area contributed by atoms with Gasteiger partial charge in [0, 0.05) is 23.9 Å². The zero-order chi connectivity index (χ0) is 15.4. The molecule has 0 aliphatic carbocycles. The topological polar surface area (TPSA) is 58.2 Å². The highest BCUT2D eigenvalue weighted by molar-refractivity contribution is 6.04. The molecule has 0 heterocycles. The molecular formula is C16H15FN2O2. The second-order valence-corrected chi connectivity index (χ2v) is 4.68. The molecule has 0 bridgehead atoms. The monoisotopic (exact) mass is 286 g/mol. The molecule has 0 atom stereocenters. The Bertz CT molecular complexity index is 681. The third kappa shape index (κ3) is 3.89. The lowest BCUT2D eigenvalue weighted by atomic mass is 10.1. The Morgan fingerprint density at radius 3 is 2.14 bits per heavy atom. The molecule has 0 radical (unpaired) electrons. The first-order valence-electron chi connectivity index (χ1n) is 6.41. The number of halogens is 1. The van der Waals surface area contributed by atoms with E-state index in [0.717, 1.165) is 0 Å². The molecular weight excluding hydrogens is 271 g/mol. The number of carbonyl (C=O) groups is 2. The van der Waals surface area contributed by atoms with E-state index in [1.165, 1.54) is 19.1 Å². The van der Waals surface area contributed by atoms with Gasteiger partial charge in [0.1, 0.15) is 5.82 Å². The largest absolute Gasteiger partial charge is 0.326 e. The summed E-state index contributed by atoms with van der Waals surface area (Å²) in [6.07, 6.45) is 0. The van der Waals surface area contributed by atoms with E-state index in [0.29, 0.717) is 22.5 Å². The van der Waals surface area contributed by atoms with Crippen molar-refractivity contribution in [1.82, 2.24) is 0 Å². The van der Waals surface area contributed by atoms with Crippen LogP contribution in [-0.2, 0) is 4.79 Å². The Labute approximate surface area is 122 Å². The van der Waals surface area contributed by atoms with Crippen LogP contribution in [0.3, 0.4) is 0 Å². The zero-order valence-corrected chi connectivity index (χ0v) is 11.7. The van der Waals surface area contributed by atoms with Crippen molar-refractivity contribution >= 4 is 23.2 Å². The quantitative estimate of drug-likeness (QED) is 0.909. The molecule has 0 aromatic heterocycles. The summed E-state index contributed by atoms with van der Waals surface area (Å²) in [6.45, 7) is 3.05. The van der Waals surface area contributed by atoms with Crippen LogP contribution in [0.5, 0.6) is 0 Å². The smallest absolute Gasteiger partial charge is 0.255 e. The van der Waals surface area contributed by atoms with Crippen LogP contribution in [0.1, 0.15) is 22.8 Å². The zero-order valence-electron chi connectivity index (χ0n) is 11.7. The molecule has 5 heteroatoms. The Morgan fingerprint density at radius 1 is 0.952 bits per heavy atom.